The summed E-state index contributed by atoms with van der Waals surface area (Å²) < 4.78 is 12.7. The van der Waals surface area contributed by atoms with Crippen molar-refractivity contribution in [2.45, 2.75) is 20.8 Å². The van der Waals surface area contributed by atoms with Crippen molar-refractivity contribution >= 4 is 5.69 Å². The van der Waals surface area contributed by atoms with E-state index in [1.165, 1.54) is 6.07 Å². The Morgan fingerprint density at radius 1 is 1.15 bits per heavy atom. The minimum atomic E-state index is -0.143. The summed E-state index contributed by atoms with van der Waals surface area (Å²) in [5.41, 5.74) is 1.72. The number of hydrogen-bond donors (Lipinski definition) is 0. The Morgan fingerprint density at radius 2 is 1.69 bits per heavy atom. The minimum Gasteiger partial charge on any atom is -0.378 e. The summed E-state index contributed by atoms with van der Waals surface area (Å²) in [7, 11) is 3.87. The van der Waals surface area contributed by atoms with Gasteiger partial charge in [0.15, 0.2) is 0 Å². The predicted molar refractivity (Wildman–Crippen MR) is 56.8 cm³/mol. The van der Waals surface area contributed by atoms with E-state index in [0.29, 0.717) is 5.56 Å². The molecule has 1 aromatic carbocycles. The van der Waals surface area contributed by atoms with Crippen LogP contribution in [-0.4, -0.2) is 14.1 Å². The molecule has 0 heterocycles. The summed E-state index contributed by atoms with van der Waals surface area (Å²) in [6.45, 7) is 5.77. The van der Waals surface area contributed by atoms with Gasteiger partial charge in [0.25, 0.3) is 0 Å². The molecule has 74 valence electrons. The molecule has 0 aromatic heterocycles. The molecular formula is C11H18FN. The lowest BCUT2D eigenvalue weighted by atomic mass is 10.2. The molecule has 0 saturated heterocycles. The van der Waals surface area contributed by atoms with Gasteiger partial charge in [-0.05, 0) is 30.7 Å². The van der Waals surface area contributed by atoms with E-state index in [2.05, 4.69) is 0 Å². The number of aryl methyl sites for hydroxylation is 1. The van der Waals surface area contributed by atoms with Gasteiger partial charge in [-0.15, -0.1) is 0 Å². The van der Waals surface area contributed by atoms with Gasteiger partial charge in [-0.3, -0.25) is 0 Å². The molecule has 2 heteroatoms. The van der Waals surface area contributed by atoms with Crippen molar-refractivity contribution in [2.75, 3.05) is 19.0 Å². The molecule has 0 fully saturated rings. The molecule has 13 heavy (non-hydrogen) atoms. The molecule has 0 atom stereocenters. The topological polar surface area (TPSA) is 3.24 Å². The van der Waals surface area contributed by atoms with Gasteiger partial charge in [0.05, 0.1) is 0 Å². The van der Waals surface area contributed by atoms with Crippen LogP contribution in [0.3, 0.4) is 0 Å². The number of halogens is 1. The van der Waals surface area contributed by atoms with Crippen molar-refractivity contribution in [3.63, 3.8) is 0 Å². The average Bonchev–Trinajstić information content (AvgIpc) is 2.13. The normalized spacial score (nSPS) is 8.77. The standard InChI is InChI=1S/C9H12FN.C2H6/c1-7-6-8(11(2)3)4-5-9(7)10;1-2/h4-6H,1-3H3;1-2H3. The predicted octanol–water partition coefficient (Wildman–Crippen LogP) is 3.23. The van der Waals surface area contributed by atoms with Crippen molar-refractivity contribution in [3.8, 4) is 0 Å². The molecule has 0 amide bonds. The fourth-order valence-corrected chi connectivity index (χ4v) is 0.907. The first-order valence-electron chi connectivity index (χ1n) is 4.55. The number of hydrogen-bond acceptors (Lipinski definition) is 1. The highest BCUT2D eigenvalue weighted by Gasteiger charge is 1.98. The van der Waals surface area contributed by atoms with Crippen LogP contribution < -0.4 is 4.90 Å². The second-order valence-corrected chi connectivity index (χ2v) is 2.83. The van der Waals surface area contributed by atoms with Gasteiger partial charge < -0.3 is 4.90 Å². The van der Waals surface area contributed by atoms with Crippen LogP contribution in [0.15, 0.2) is 18.2 Å². The smallest absolute Gasteiger partial charge is 0.126 e. The Hall–Kier alpha value is -1.05. The number of benzene rings is 1. The number of rotatable bonds is 1. The van der Waals surface area contributed by atoms with E-state index in [9.17, 15) is 4.39 Å². The van der Waals surface area contributed by atoms with Gasteiger partial charge in [-0.25, -0.2) is 4.39 Å². The van der Waals surface area contributed by atoms with Crippen LogP contribution in [0.25, 0.3) is 0 Å². The first-order chi connectivity index (χ1) is 6.11. The van der Waals surface area contributed by atoms with Crippen LogP contribution in [0, 0.1) is 12.7 Å². The lowest BCUT2D eigenvalue weighted by Crippen LogP contribution is -2.08. The Kier molecular flexibility index (Phi) is 5.12. The summed E-state index contributed by atoms with van der Waals surface area (Å²) in [5.74, 6) is -0.143. The van der Waals surface area contributed by atoms with E-state index < -0.39 is 0 Å². The van der Waals surface area contributed by atoms with Crippen molar-refractivity contribution in [1.82, 2.24) is 0 Å². The maximum atomic E-state index is 12.7. The first-order valence-corrected chi connectivity index (χ1v) is 4.55. The quantitative estimate of drug-likeness (QED) is 0.646. The summed E-state index contributed by atoms with van der Waals surface area (Å²) >= 11 is 0. The monoisotopic (exact) mass is 183 g/mol. The van der Waals surface area contributed by atoms with Gasteiger partial charge >= 0.3 is 0 Å². The average molecular weight is 183 g/mol. The maximum Gasteiger partial charge on any atom is 0.126 e. The van der Waals surface area contributed by atoms with E-state index in [1.807, 2.05) is 38.9 Å². The summed E-state index contributed by atoms with van der Waals surface area (Å²) in [5, 5.41) is 0. The van der Waals surface area contributed by atoms with Crippen LogP contribution in [0.2, 0.25) is 0 Å². The zero-order chi connectivity index (χ0) is 10.4. The van der Waals surface area contributed by atoms with Crippen molar-refractivity contribution in [2.24, 2.45) is 0 Å². The fraction of sp³-hybridized carbons (Fsp3) is 0.455. The molecular weight excluding hydrogens is 165 g/mol. The molecule has 1 aromatic rings. The van der Waals surface area contributed by atoms with Crippen LogP contribution >= 0.6 is 0 Å². The van der Waals surface area contributed by atoms with Gasteiger partial charge in [0.1, 0.15) is 5.82 Å². The zero-order valence-electron chi connectivity index (χ0n) is 9.06. The summed E-state index contributed by atoms with van der Waals surface area (Å²) in [6, 6.07) is 5.09. The molecule has 0 aliphatic heterocycles. The molecule has 0 saturated carbocycles. The molecule has 0 N–H and O–H groups in total. The van der Waals surface area contributed by atoms with E-state index in [4.69, 9.17) is 0 Å². The maximum absolute atomic E-state index is 12.7. The van der Waals surface area contributed by atoms with Gasteiger partial charge in [-0.1, -0.05) is 13.8 Å². The van der Waals surface area contributed by atoms with Gasteiger partial charge in [0.2, 0.25) is 0 Å². The van der Waals surface area contributed by atoms with E-state index >= 15 is 0 Å². The molecule has 0 aliphatic carbocycles. The lowest BCUT2D eigenvalue weighted by Gasteiger charge is -2.12. The highest BCUT2D eigenvalue weighted by atomic mass is 19.1. The van der Waals surface area contributed by atoms with Gasteiger partial charge in [0, 0.05) is 19.8 Å². The van der Waals surface area contributed by atoms with Crippen molar-refractivity contribution in [1.29, 1.82) is 0 Å². The highest BCUT2D eigenvalue weighted by Crippen LogP contribution is 2.15. The third-order valence-corrected chi connectivity index (χ3v) is 1.66. The summed E-state index contributed by atoms with van der Waals surface area (Å²) in [4.78, 5) is 1.95. The van der Waals surface area contributed by atoms with E-state index in [-0.39, 0.29) is 5.82 Å². The highest BCUT2D eigenvalue weighted by molar-refractivity contribution is 5.47. The van der Waals surface area contributed by atoms with Crippen LogP contribution in [-0.2, 0) is 0 Å². The molecule has 0 radical (unpaired) electrons. The van der Waals surface area contributed by atoms with Gasteiger partial charge in [-0.2, -0.15) is 0 Å². The number of anilines is 1. The molecule has 0 unspecified atom stereocenters. The Labute approximate surface area is 80.2 Å². The first kappa shape index (κ1) is 11.9. The van der Waals surface area contributed by atoms with Crippen molar-refractivity contribution in [3.05, 3.63) is 29.6 Å². The fourth-order valence-electron chi connectivity index (χ4n) is 0.907. The van der Waals surface area contributed by atoms with Crippen LogP contribution in [0.5, 0.6) is 0 Å². The molecule has 1 rings (SSSR count). The Bertz CT molecular complexity index is 256. The SMILES string of the molecule is CC.Cc1cc(N(C)C)ccc1F. The largest absolute Gasteiger partial charge is 0.378 e. The molecule has 1 nitrogen and oxygen atoms in total. The van der Waals surface area contributed by atoms with Crippen molar-refractivity contribution < 1.29 is 4.39 Å². The third-order valence-electron chi connectivity index (χ3n) is 1.66. The third kappa shape index (κ3) is 3.45. The number of nitrogens with zero attached hydrogens (tertiary/aromatic N) is 1. The summed E-state index contributed by atoms with van der Waals surface area (Å²) in [6.07, 6.45) is 0. The second kappa shape index (κ2) is 5.57. The molecule has 0 aliphatic rings. The Morgan fingerprint density at radius 3 is 2.08 bits per heavy atom. The van der Waals surface area contributed by atoms with Crippen LogP contribution in [0.1, 0.15) is 19.4 Å². The molecule has 0 spiro atoms. The Balaban J connectivity index is 0.000000671. The molecule has 0 bridgehead atoms. The second-order valence-electron chi connectivity index (χ2n) is 2.83. The van der Waals surface area contributed by atoms with E-state index in [0.717, 1.165) is 5.69 Å². The van der Waals surface area contributed by atoms with E-state index in [1.54, 1.807) is 13.0 Å². The van der Waals surface area contributed by atoms with Crippen LogP contribution in [0.4, 0.5) is 10.1 Å². The minimum absolute atomic E-state index is 0.143. The zero-order valence-corrected chi connectivity index (χ0v) is 9.06. The lowest BCUT2D eigenvalue weighted by molar-refractivity contribution is 0.618.